The summed E-state index contributed by atoms with van der Waals surface area (Å²) in [6.07, 6.45) is 0. The molecule has 0 bridgehead atoms. The molecule has 1 aromatic rings. The van der Waals surface area contributed by atoms with E-state index < -0.39 is 5.97 Å². The van der Waals surface area contributed by atoms with Crippen LogP contribution in [0.25, 0.3) is 0 Å². The molecule has 3 nitrogen and oxygen atoms in total. The van der Waals surface area contributed by atoms with Crippen LogP contribution in [0.4, 0.5) is 0 Å². The summed E-state index contributed by atoms with van der Waals surface area (Å²) in [7, 11) is 0. The van der Waals surface area contributed by atoms with Gasteiger partial charge in [-0.3, -0.25) is 0 Å². The number of carbonyl (C=O) groups excluding carboxylic acids is 1. The van der Waals surface area contributed by atoms with Crippen molar-refractivity contribution in [3.05, 3.63) is 27.5 Å². The van der Waals surface area contributed by atoms with Crippen LogP contribution < -0.4 is 0 Å². The van der Waals surface area contributed by atoms with Crippen molar-refractivity contribution in [1.82, 2.24) is 4.98 Å². The van der Waals surface area contributed by atoms with Crippen molar-refractivity contribution in [1.29, 1.82) is 0 Å². The fourth-order valence-electron chi connectivity index (χ4n) is 0.858. The van der Waals surface area contributed by atoms with Gasteiger partial charge in [0.15, 0.2) is 5.69 Å². The van der Waals surface area contributed by atoms with Gasteiger partial charge in [0.05, 0.1) is 6.61 Å². The molecule has 0 radical (unpaired) electrons. The van der Waals surface area contributed by atoms with E-state index in [-0.39, 0.29) is 10.8 Å². The van der Waals surface area contributed by atoms with Crippen LogP contribution in [0, 0.1) is 6.92 Å². The number of halogens is 2. The van der Waals surface area contributed by atoms with E-state index in [1.54, 1.807) is 13.8 Å². The Morgan fingerprint density at radius 3 is 2.71 bits per heavy atom. The maximum absolute atomic E-state index is 11.3. The lowest BCUT2D eigenvalue weighted by Crippen LogP contribution is -2.07. The van der Waals surface area contributed by atoms with Gasteiger partial charge >= 0.3 is 5.97 Å². The first-order chi connectivity index (χ1) is 6.56. The summed E-state index contributed by atoms with van der Waals surface area (Å²) in [5, 5.41) is 0.633. The Bertz CT molecular complexity index is 343. The fraction of sp³-hybridized carbons (Fsp3) is 0.333. The molecule has 1 aromatic heterocycles. The highest BCUT2D eigenvalue weighted by atomic mass is 35.5. The molecule has 14 heavy (non-hydrogen) atoms. The molecular formula is C9H9Cl2NO2. The van der Waals surface area contributed by atoms with Crippen molar-refractivity contribution < 1.29 is 9.53 Å². The van der Waals surface area contributed by atoms with E-state index in [1.165, 1.54) is 6.07 Å². The quantitative estimate of drug-likeness (QED) is 0.583. The Morgan fingerprint density at radius 1 is 1.57 bits per heavy atom. The van der Waals surface area contributed by atoms with E-state index in [0.717, 1.165) is 0 Å². The number of ether oxygens (including phenoxy) is 1. The van der Waals surface area contributed by atoms with Gasteiger partial charge in [0, 0.05) is 10.6 Å². The Hall–Kier alpha value is -0.800. The molecule has 0 amide bonds. The summed E-state index contributed by atoms with van der Waals surface area (Å²) < 4.78 is 4.76. The normalized spacial score (nSPS) is 10.0. The minimum absolute atomic E-state index is 0.132. The smallest absolute Gasteiger partial charge is 0.357 e. The van der Waals surface area contributed by atoms with Gasteiger partial charge in [0.2, 0.25) is 0 Å². The first-order valence-corrected chi connectivity index (χ1v) is 4.81. The molecule has 0 N–H and O–H groups in total. The molecule has 0 fully saturated rings. The molecular weight excluding hydrogens is 225 g/mol. The third-order valence-corrected chi connectivity index (χ3v) is 2.39. The fourth-order valence-corrected chi connectivity index (χ4v) is 1.29. The third kappa shape index (κ3) is 2.36. The van der Waals surface area contributed by atoms with E-state index in [2.05, 4.69) is 4.98 Å². The summed E-state index contributed by atoms with van der Waals surface area (Å²) in [4.78, 5) is 15.1. The molecule has 1 rings (SSSR count). The molecule has 1 heterocycles. The van der Waals surface area contributed by atoms with Gasteiger partial charge < -0.3 is 4.74 Å². The summed E-state index contributed by atoms with van der Waals surface area (Å²) in [6.45, 7) is 3.74. The zero-order valence-corrected chi connectivity index (χ0v) is 9.32. The molecule has 0 saturated heterocycles. The van der Waals surface area contributed by atoms with Gasteiger partial charge in [0.25, 0.3) is 0 Å². The predicted octanol–water partition coefficient (Wildman–Crippen LogP) is 2.87. The molecule has 0 atom stereocenters. The molecule has 76 valence electrons. The lowest BCUT2D eigenvalue weighted by Gasteiger charge is -2.04. The largest absolute Gasteiger partial charge is 0.461 e. The van der Waals surface area contributed by atoms with Crippen molar-refractivity contribution in [2.24, 2.45) is 0 Å². The Balaban J connectivity index is 3.06. The second kappa shape index (κ2) is 4.62. The molecule has 0 spiro atoms. The Labute approximate surface area is 92.0 Å². The van der Waals surface area contributed by atoms with Crippen molar-refractivity contribution in [2.45, 2.75) is 13.8 Å². The van der Waals surface area contributed by atoms with Gasteiger partial charge in [-0.05, 0) is 19.9 Å². The number of esters is 1. The topological polar surface area (TPSA) is 39.2 Å². The number of hydrogen-bond donors (Lipinski definition) is 0. The lowest BCUT2D eigenvalue weighted by molar-refractivity contribution is 0.0519. The number of pyridine rings is 1. The average molecular weight is 234 g/mol. The highest BCUT2D eigenvalue weighted by Crippen LogP contribution is 2.22. The van der Waals surface area contributed by atoms with E-state index in [0.29, 0.717) is 17.2 Å². The van der Waals surface area contributed by atoms with Gasteiger partial charge in [-0.15, -0.1) is 0 Å². The number of carbonyl (C=O) groups is 1. The lowest BCUT2D eigenvalue weighted by atomic mass is 10.3. The van der Waals surface area contributed by atoms with Crippen molar-refractivity contribution in [3.8, 4) is 0 Å². The first kappa shape index (κ1) is 11.3. The first-order valence-electron chi connectivity index (χ1n) is 4.06. The third-order valence-electron chi connectivity index (χ3n) is 1.63. The van der Waals surface area contributed by atoms with E-state index in [1.807, 2.05) is 0 Å². The minimum atomic E-state index is -0.517. The second-order valence-electron chi connectivity index (χ2n) is 2.63. The molecule has 0 saturated carbocycles. The van der Waals surface area contributed by atoms with Gasteiger partial charge in [-0.1, -0.05) is 23.2 Å². The van der Waals surface area contributed by atoms with Crippen LogP contribution in [0.5, 0.6) is 0 Å². The SMILES string of the molecule is CCOC(=O)c1cc(Cl)c(C)c(Cl)n1. The highest BCUT2D eigenvalue weighted by molar-refractivity contribution is 6.35. The number of rotatable bonds is 2. The van der Waals surface area contributed by atoms with E-state index in [4.69, 9.17) is 27.9 Å². The summed E-state index contributed by atoms with van der Waals surface area (Å²) in [5.41, 5.74) is 0.786. The van der Waals surface area contributed by atoms with Crippen molar-refractivity contribution in [2.75, 3.05) is 6.61 Å². The second-order valence-corrected chi connectivity index (χ2v) is 3.39. The summed E-state index contributed by atoms with van der Waals surface area (Å²) in [5.74, 6) is -0.517. The standard InChI is InChI=1S/C9H9Cl2NO2/c1-3-14-9(13)7-4-6(10)5(2)8(11)12-7/h4H,3H2,1-2H3. The van der Waals surface area contributed by atoms with Crippen LogP contribution in [-0.4, -0.2) is 17.6 Å². The van der Waals surface area contributed by atoms with Crippen LogP contribution in [0.1, 0.15) is 23.0 Å². The predicted molar refractivity (Wildman–Crippen MR) is 55.0 cm³/mol. The van der Waals surface area contributed by atoms with Gasteiger partial charge in [-0.2, -0.15) is 0 Å². The van der Waals surface area contributed by atoms with E-state index >= 15 is 0 Å². The summed E-state index contributed by atoms with van der Waals surface area (Å²) in [6, 6.07) is 1.45. The maximum Gasteiger partial charge on any atom is 0.357 e. The number of nitrogens with zero attached hydrogens (tertiary/aromatic N) is 1. The maximum atomic E-state index is 11.3. The number of hydrogen-bond acceptors (Lipinski definition) is 3. The Morgan fingerprint density at radius 2 is 2.21 bits per heavy atom. The zero-order chi connectivity index (χ0) is 10.7. The molecule has 0 aromatic carbocycles. The molecule has 0 aliphatic carbocycles. The highest BCUT2D eigenvalue weighted by Gasteiger charge is 2.12. The van der Waals surface area contributed by atoms with Crippen LogP contribution in [0.3, 0.4) is 0 Å². The summed E-state index contributed by atoms with van der Waals surface area (Å²) >= 11 is 11.6. The molecule has 0 unspecified atom stereocenters. The van der Waals surface area contributed by atoms with Crippen LogP contribution in [0.15, 0.2) is 6.07 Å². The van der Waals surface area contributed by atoms with Crippen LogP contribution in [-0.2, 0) is 4.74 Å². The van der Waals surface area contributed by atoms with Gasteiger partial charge in [0.1, 0.15) is 5.15 Å². The van der Waals surface area contributed by atoms with E-state index in [9.17, 15) is 4.79 Å². The zero-order valence-electron chi connectivity index (χ0n) is 7.80. The van der Waals surface area contributed by atoms with Gasteiger partial charge in [-0.25, -0.2) is 9.78 Å². The molecule has 5 heteroatoms. The van der Waals surface area contributed by atoms with Crippen molar-refractivity contribution >= 4 is 29.2 Å². The van der Waals surface area contributed by atoms with Crippen LogP contribution >= 0.6 is 23.2 Å². The minimum Gasteiger partial charge on any atom is -0.461 e. The Kier molecular flexibility index (Phi) is 3.72. The number of aromatic nitrogens is 1. The van der Waals surface area contributed by atoms with Crippen molar-refractivity contribution in [3.63, 3.8) is 0 Å². The average Bonchev–Trinajstić information content (AvgIpc) is 2.13. The monoisotopic (exact) mass is 233 g/mol. The molecule has 0 aliphatic heterocycles. The van der Waals surface area contributed by atoms with Crippen LogP contribution in [0.2, 0.25) is 10.2 Å². The molecule has 0 aliphatic rings.